The molecule has 1 aromatic heterocycles. The Labute approximate surface area is 120 Å². The predicted molar refractivity (Wildman–Crippen MR) is 76.4 cm³/mol. The van der Waals surface area contributed by atoms with E-state index in [1.165, 1.54) is 28.8 Å². The SMILES string of the molecule is CN(c1ccc(Cl)c(Cl)c1)S(=O)(=O)c1cccs1. The maximum atomic E-state index is 12.3. The van der Waals surface area contributed by atoms with Gasteiger partial charge in [0.2, 0.25) is 0 Å². The third-order valence-electron chi connectivity index (χ3n) is 2.38. The Balaban J connectivity index is 2.43. The van der Waals surface area contributed by atoms with Crippen LogP contribution in [0.4, 0.5) is 5.69 Å². The predicted octanol–water partition coefficient (Wildman–Crippen LogP) is 3.88. The van der Waals surface area contributed by atoms with Gasteiger partial charge in [-0.25, -0.2) is 8.42 Å². The lowest BCUT2D eigenvalue weighted by Gasteiger charge is -2.18. The minimum atomic E-state index is -3.53. The number of halogens is 2. The Kier molecular flexibility index (Phi) is 3.87. The van der Waals surface area contributed by atoms with Gasteiger partial charge < -0.3 is 0 Å². The highest BCUT2D eigenvalue weighted by molar-refractivity contribution is 7.94. The minimum Gasteiger partial charge on any atom is -0.269 e. The van der Waals surface area contributed by atoms with Gasteiger partial charge in [0.1, 0.15) is 4.21 Å². The highest BCUT2D eigenvalue weighted by Gasteiger charge is 2.22. The Morgan fingerprint density at radius 1 is 1.17 bits per heavy atom. The molecule has 0 radical (unpaired) electrons. The van der Waals surface area contributed by atoms with Crippen LogP contribution < -0.4 is 4.31 Å². The van der Waals surface area contributed by atoms with E-state index in [2.05, 4.69) is 0 Å². The molecule has 3 nitrogen and oxygen atoms in total. The summed E-state index contributed by atoms with van der Waals surface area (Å²) in [4.78, 5) is 0. The van der Waals surface area contributed by atoms with Gasteiger partial charge in [0.25, 0.3) is 10.0 Å². The molecule has 0 unspecified atom stereocenters. The van der Waals surface area contributed by atoms with Crippen molar-refractivity contribution in [2.45, 2.75) is 4.21 Å². The average molecular weight is 322 g/mol. The molecule has 0 aliphatic rings. The molecule has 0 fully saturated rings. The van der Waals surface area contributed by atoms with Crippen molar-refractivity contribution in [3.63, 3.8) is 0 Å². The zero-order valence-electron chi connectivity index (χ0n) is 9.30. The van der Waals surface area contributed by atoms with Crippen LogP contribution in [0.1, 0.15) is 0 Å². The third kappa shape index (κ3) is 2.49. The van der Waals surface area contributed by atoms with Crippen LogP contribution in [0.5, 0.6) is 0 Å². The fraction of sp³-hybridized carbons (Fsp3) is 0.0909. The first-order valence-corrected chi connectivity index (χ1v) is 7.98. The van der Waals surface area contributed by atoms with Gasteiger partial charge in [0.05, 0.1) is 15.7 Å². The summed E-state index contributed by atoms with van der Waals surface area (Å²) in [5.41, 5.74) is 0.470. The number of benzene rings is 1. The van der Waals surface area contributed by atoms with Crippen molar-refractivity contribution in [3.8, 4) is 0 Å². The summed E-state index contributed by atoms with van der Waals surface area (Å²) in [6.45, 7) is 0. The van der Waals surface area contributed by atoms with Crippen LogP contribution in [0.2, 0.25) is 10.0 Å². The molecule has 0 aliphatic carbocycles. The van der Waals surface area contributed by atoms with E-state index in [1.807, 2.05) is 0 Å². The zero-order valence-corrected chi connectivity index (χ0v) is 12.4. The van der Waals surface area contributed by atoms with E-state index in [-0.39, 0.29) is 4.21 Å². The zero-order chi connectivity index (χ0) is 13.3. The molecule has 0 amide bonds. The van der Waals surface area contributed by atoms with Gasteiger partial charge in [-0.2, -0.15) is 0 Å². The van der Waals surface area contributed by atoms with Crippen molar-refractivity contribution in [3.05, 3.63) is 45.8 Å². The smallest absolute Gasteiger partial charge is 0.269 e. The molecule has 2 rings (SSSR count). The summed E-state index contributed by atoms with van der Waals surface area (Å²) in [6.07, 6.45) is 0. The molecule has 2 aromatic rings. The van der Waals surface area contributed by atoms with Crippen molar-refractivity contribution in [2.75, 3.05) is 11.4 Å². The van der Waals surface area contributed by atoms with E-state index in [4.69, 9.17) is 23.2 Å². The van der Waals surface area contributed by atoms with Gasteiger partial charge in [-0.3, -0.25) is 4.31 Å². The Morgan fingerprint density at radius 3 is 2.44 bits per heavy atom. The molecular formula is C11H9Cl2NO2S2. The number of anilines is 1. The first-order chi connectivity index (χ1) is 8.43. The molecule has 0 saturated carbocycles. The molecular weight excluding hydrogens is 313 g/mol. The second kappa shape index (κ2) is 5.09. The third-order valence-corrected chi connectivity index (χ3v) is 6.27. The van der Waals surface area contributed by atoms with Crippen LogP contribution >= 0.6 is 34.5 Å². The maximum Gasteiger partial charge on any atom is 0.273 e. The summed E-state index contributed by atoms with van der Waals surface area (Å²) >= 11 is 12.9. The van der Waals surface area contributed by atoms with Gasteiger partial charge >= 0.3 is 0 Å². The number of sulfonamides is 1. The molecule has 0 bridgehead atoms. The molecule has 1 heterocycles. The van der Waals surface area contributed by atoms with Gasteiger partial charge in [-0.15, -0.1) is 11.3 Å². The number of rotatable bonds is 3. The molecule has 1 aromatic carbocycles. The van der Waals surface area contributed by atoms with Crippen molar-refractivity contribution < 1.29 is 8.42 Å². The summed E-state index contributed by atoms with van der Waals surface area (Å²) in [5, 5.41) is 2.43. The lowest BCUT2D eigenvalue weighted by atomic mass is 10.3. The van der Waals surface area contributed by atoms with E-state index < -0.39 is 10.0 Å². The van der Waals surface area contributed by atoms with Crippen LogP contribution in [0.15, 0.2) is 39.9 Å². The minimum absolute atomic E-state index is 0.288. The fourth-order valence-electron chi connectivity index (χ4n) is 1.36. The molecule has 18 heavy (non-hydrogen) atoms. The summed E-state index contributed by atoms with van der Waals surface area (Å²) < 4.78 is 26.0. The van der Waals surface area contributed by atoms with Gasteiger partial charge in [-0.05, 0) is 29.6 Å². The number of thiophene rings is 1. The lowest BCUT2D eigenvalue weighted by molar-refractivity contribution is 0.596. The molecule has 0 spiro atoms. The Bertz CT molecular complexity index is 654. The second-order valence-electron chi connectivity index (χ2n) is 3.50. The van der Waals surface area contributed by atoms with Crippen molar-refractivity contribution in [1.29, 1.82) is 0 Å². The van der Waals surface area contributed by atoms with Crippen LogP contribution in [-0.4, -0.2) is 15.5 Å². The van der Waals surface area contributed by atoms with Crippen molar-refractivity contribution >= 4 is 50.2 Å². The first kappa shape index (κ1) is 13.7. The maximum absolute atomic E-state index is 12.3. The fourth-order valence-corrected chi connectivity index (χ4v) is 4.01. The quantitative estimate of drug-likeness (QED) is 0.860. The topological polar surface area (TPSA) is 37.4 Å². The van der Waals surface area contributed by atoms with Crippen molar-refractivity contribution in [1.82, 2.24) is 0 Å². The normalized spacial score (nSPS) is 11.5. The van der Waals surface area contributed by atoms with E-state index in [1.54, 1.807) is 29.6 Å². The number of nitrogens with zero attached hydrogens (tertiary/aromatic N) is 1. The second-order valence-corrected chi connectivity index (χ2v) is 7.46. The standard InChI is InChI=1S/C11H9Cl2NO2S2/c1-14(8-4-5-9(12)10(13)7-8)18(15,16)11-3-2-6-17-11/h2-7H,1H3. The number of hydrogen-bond donors (Lipinski definition) is 0. The average Bonchev–Trinajstić information content (AvgIpc) is 2.86. The van der Waals surface area contributed by atoms with Crippen molar-refractivity contribution in [2.24, 2.45) is 0 Å². The van der Waals surface area contributed by atoms with Gasteiger partial charge in [0.15, 0.2) is 0 Å². The van der Waals surface area contributed by atoms with Gasteiger partial charge in [0, 0.05) is 7.05 Å². The highest BCUT2D eigenvalue weighted by atomic mass is 35.5. The van der Waals surface area contributed by atoms with E-state index in [9.17, 15) is 8.42 Å². The highest BCUT2D eigenvalue weighted by Crippen LogP contribution is 2.30. The monoisotopic (exact) mass is 321 g/mol. The first-order valence-electron chi connectivity index (χ1n) is 4.90. The molecule has 0 saturated heterocycles. The van der Waals surface area contributed by atoms with Gasteiger partial charge in [-0.1, -0.05) is 29.3 Å². The van der Waals surface area contributed by atoms with Crippen LogP contribution in [0.3, 0.4) is 0 Å². The Morgan fingerprint density at radius 2 is 1.89 bits per heavy atom. The summed E-state index contributed by atoms with van der Waals surface area (Å²) in [5.74, 6) is 0. The van der Waals surface area contributed by atoms with E-state index in [0.29, 0.717) is 15.7 Å². The van der Waals surface area contributed by atoms with E-state index in [0.717, 1.165) is 0 Å². The van der Waals surface area contributed by atoms with Crippen LogP contribution in [0, 0.1) is 0 Å². The molecule has 96 valence electrons. The molecule has 0 aliphatic heterocycles. The summed E-state index contributed by atoms with van der Waals surface area (Å²) in [6, 6.07) is 7.96. The Hall–Kier alpha value is -0.750. The number of hydrogen-bond acceptors (Lipinski definition) is 3. The molecule has 7 heteroatoms. The largest absolute Gasteiger partial charge is 0.273 e. The van der Waals surface area contributed by atoms with Crippen LogP contribution in [-0.2, 0) is 10.0 Å². The van der Waals surface area contributed by atoms with E-state index >= 15 is 0 Å². The van der Waals surface area contributed by atoms with Crippen LogP contribution in [0.25, 0.3) is 0 Å². The summed E-state index contributed by atoms with van der Waals surface area (Å²) in [7, 11) is -2.05. The molecule has 0 N–H and O–H groups in total. The molecule has 0 atom stereocenters. The lowest BCUT2D eigenvalue weighted by Crippen LogP contribution is -2.25.